The number of aryl methyl sites for hydroxylation is 1. The number of benzene rings is 3. The summed E-state index contributed by atoms with van der Waals surface area (Å²) in [6.07, 6.45) is 0.385. The Balaban J connectivity index is 1.57. The number of carbonyl (C=O) groups is 2. The summed E-state index contributed by atoms with van der Waals surface area (Å²) in [6.45, 7) is 8.18. The van der Waals surface area contributed by atoms with Crippen LogP contribution in [0.3, 0.4) is 0 Å². The van der Waals surface area contributed by atoms with Crippen molar-refractivity contribution in [3.63, 3.8) is 0 Å². The molecule has 0 aromatic heterocycles. The van der Waals surface area contributed by atoms with Gasteiger partial charge in [-0.05, 0) is 68.5 Å². The minimum absolute atomic E-state index is 0.0736. The summed E-state index contributed by atoms with van der Waals surface area (Å²) in [6, 6.07) is 24.1. The van der Waals surface area contributed by atoms with Crippen LogP contribution in [0.1, 0.15) is 43.9 Å². The number of ether oxygens (including phenoxy) is 1. The van der Waals surface area contributed by atoms with E-state index < -0.39 is 21.6 Å². The fourth-order valence-corrected chi connectivity index (χ4v) is 6.53. The number of rotatable bonds is 11. The molecule has 0 saturated carbocycles. The number of hydrogen-bond donors (Lipinski definition) is 1. The minimum atomic E-state index is -3.92. The van der Waals surface area contributed by atoms with Crippen LogP contribution in [0.5, 0.6) is 0 Å². The van der Waals surface area contributed by atoms with Gasteiger partial charge in [-0.1, -0.05) is 60.7 Å². The van der Waals surface area contributed by atoms with Gasteiger partial charge >= 0.3 is 12.1 Å². The molecular formula is C33H41N3O6S. The van der Waals surface area contributed by atoms with Gasteiger partial charge in [0, 0.05) is 51.4 Å². The fourth-order valence-electron chi connectivity index (χ4n) is 5.04. The van der Waals surface area contributed by atoms with E-state index in [2.05, 4.69) is 4.90 Å². The van der Waals surface area contributed by atoms with Crippen LogP contribution < -0.4 is 4.90 Å². The number of carboxylic acids is 1. The highest BCUT2D eigenvalue weighted by Crippen LogP contribution is 2.27. The van der Waals surface area contributed by atoms with Gasteiger partial charge in [-0.15, -0.1) is 0 Å². The zero-order valence-electron chi connectivity index (χ0n) is 25.1. The molecule has 43 heavy (non-hydrogen) atoms. The molecule has 1 aliphatic rings. The first-order chi connectivity index (χ1) is 20.4. The van der Waals surface area contributed by atoms with Crippen LogP contribution in [-0.2, 0) is 38.9 Å². The van der Waals surface area contributed by atoms with Crippen molar-refractivity contribution in [1.82, 2.24) is 9.21 Å². The second kappa shape index (κ2) is 14.1. The highest BCUT2D eigenvalue weighted by molar-refractivity contribution is 7.89. The molecule has 3 aromatic rings. The third kappa shape index (κ3) is 9.05. The molecule has 0 bridgehead atoms. The molecular weight excluding hydrogens is 566 g/mol. The predicted octanol–water partition coefficient (Wildman–Crippen LogP) is 5.19. The molecule has 1 fully saturated rings. The lowest BCUT2D eigenvalue weighted by Gasteiger charge is -2.38. The number of carboxylic acid groups (broad SMARTS) is 1. The van der Waals surface area contributed by atoms with Gasteiger partial charge in [0.05, 0.1) is 4.90 Å². The molecule has 9 nitrogen and oxygen atoms in total. The molecule has 0 spiro atoms. The summed E-state index contributed by atoms with van der Waals surface area (Å²) in [4.78, 5) is 27.7. The van der Waals surface area contributed by atoms with Gasteiger partial charge in [0.25, 0.3) is 0 Å². The Morgan fingerprint density at radius 2 is 1.51 bits per heavy atom. The first-order valence-corrected chi connectivity index (χ1v) is 16.0. The van der Waals surface area contributed by atoms with Crippen molar-refractivity contribution in [2.45, 2.75) is 57.1 Å². The molecule has 4 rings (SSSR count). The maximum atomic E-state index is 14.1. The van der Waals surface area contributed by atoms with Crippen molar-refractivity contribution < 1.29 is 27.9 Å². The van der Waals surface area contributed by atoms with Crippen LogP contribution in [0.25, 0.3) is 0 Å². The number of carbonyl (C=O) groups excluding carboxylic acids is 1. The molecule has 1 N–H and O–H groups in total. The van der Waals surface area contributed by atoms with Crippen LogP contribution in [0.4, 0.5) is 10.5 Å². The SMILES string of the molecule is CC(C)(C)OC(=O)N1CCN(c2ccccc2CN(CCc2ccccc2)S(=O)(=O)c2cccc(CCC(=O)O)c2)CC1. The average molecular weight is 608 g/mol. The molecule has 230 valence electrons. The number of hydrogen-bond acceptors (Lipinski definition) is 6. The number of aliphatic carboxylic acids is 1. The lowest BCUT2D eigenvalue weighted by molar-refractivity contribution is -0.136. The van der Waals surface area contributed by atoms with Crippen molar-refractivity contribution in [2.75, 3.05) is 37.6 Å². The quantitative estimate of drug-likeness (QED) is 0.320. The maximum absolute atomic E-state index is 14.1. The Morgan fingerprint density at radius 3 is 2.19 bits per heavy atom. The van der Waals surface area contributed by atoms with E-state index in [1.807, 2.05) is 75.4 Å². The lowest BCUT2D eigenvalue weighted by atomic mass is 10.1. The van der Waals surface area contributed by atoms with Crippen LogP contribution in [0, 0.1) is 0 Å². The predicted molar refractivity (Wildman–Crippen MR) is 167 cm³/mol. The molecule has 0 radical (unpaired) electrons. The second-order valence-corrected chi connectivity index (χ2v) is 13.6. The zero-order valence-corrected chi connectivity index (χ0v) is 25.9. The first kappa shape index (κ1) is 32.0. The summed E-state index contributed by atoms with van der Waals surface area (Å²) in [5, 5.41) is 9.10. The largest absolute Gasteiger partial charge is 0.481 e. The van der Waals surface area contributed by atoms with Gasteiger partial charge < -0.3 is 19.6 Å². The Kier molecular flexibility index (Phi) is 10.5. The highest BCUT2D eigenvalue weighted by atomic mass is 32.2. The third-order valence-electron chi connectivity index (χ3n) is 7.27. The van der Waals surface area contributed by atoms with Crippen LogP contribution in [-0.4, -0.2) is 73.1 Å². The van der Waals surface area contributed by atoms with Crippen molar-refractivity contribution in [2.24, 2.45) is 0 Å². The number of para-hydroxylation sites is 1. The summed E-state index contributed by atoms with van der Waals surface area (Å²) < 4.78 is 35.3. The minimum Gasteiger partial charge on any atom is -0.481 e. The first-order valence-electron chi connectivity index (χ1n) is 14.6. The number of anilines is 1. The molecule has 1 heterocycles. The smallest absolute Gasteiger partial charge is 0.410 e. The third-order valence-corrected chi connectivity index (χ3v) is 9.11. The molecule has 1 saturated heterocycles. The Morgan fingerprint density at radius 1 is 0.860 bits per heavy atom. The van der Waals surface area contributed by atoms with Gasteiger partial charge in [0.1, 0.15) is 5.60 Å². The van der Waals surface area contributed by atoms with Crippen LogP contribution >= 0.6 is 0 Å². The van der Waals surface area contributed by atoms with Crippen LogP contribution in [0.2, 0.25) is 0 Å². The molecule has 0 unspecified atom stereocenters. The topological polar surface area (TPSA) is 107 Å². The van der Waals surface area contributed by atoms with E-state index in [1.54, 1.807) is 29.2 Å². The molecule has 3 aromatic carbocycles. The fraction of sp³-hybridized carbons (Fsp3) is 0.394. The van der Waals surface area contributed by atoms with Gasteiger partial charge in [-0.2, -0.15) is 4.31 Å². The summed E-state index contributed by atoms with van der Waals surface area (Å²) in [5.41, 5.74) is 2.93. The maximum Gasteiger partial charge on any atom is 0.410 e. The van der Waals surface area contributed by atoms with Crippen molar-refractivity contribution in [3.05, 3.63) is 95.6 Å². The van der Waals surface area contributed by atoms with Crippen molar-refractivity contribution in [3.8, 4) is 0 Å². The number of amides is 1. The van der Waals surface area contributed by atoms with Gasteiger partial charge in [0.2, 0.25) is 10.0 Å². The molecule has 0 aliphatic carbocycles. The van der Waals surface area contributed by atoms with Gasteiger partial charge in [0.15, 0.2) is 0 Å². The monoisotopic (exact) mass is 607 g/mol. The molecule has 10 heteroatoms. The van der Waals surface area contributed by atoms with Crippen molar-refractivity contribution in [1.29, 1.82) is 0 Å². The van der Waals surface area contributed by atoms with Gasteiger partial charge in [-0.3, -0.25) is 4.79 Å². The summed E-state index contributed by atoms with van der Waals surface area (Å²) in [7, 11) is -3.92. The van der Waals surface area contributed by atoms with E-state index in [4.69, 9.17) is 9.84 Å². The summed E-state index contributed by atoms with van der Waals surface area (Å²) >= 11 is 0. The summed E-state index contributed by atoms with van der Waals surface area (Å²) in [5.74, 6) is -0.929. The molecule has 0 atom stereocenters. The lowest BCUT2D eigenvalue weighted by Crippen LogP contribution is -2.50. The average Bonchev–Trinajstić information content (AvgIpc) is 2.98. The van der Waals surface area contributed by atoms with E-state index in [-0.39, 0.29) is 36.9 Å². The van der Waals surface area contributed by atoms with Crippen LogP contribution in [0.15, 0.2) is 83.8 Å². The number of sulfonamides is 1. The Hall–Kier alpha value is -3.89. The highest BCUT2D eigenvalue weighted by Gasteiger charge is 2.29. The van der Waals surface area contributed by atoms with E-state index in [0.717, 1.165) is 16.8 Å². The van der Waals surface area contributed by atoms with E-state index in [0.29, 0.717) is 38.2 Å². The van der Waals surface area contributed by atoms with Crippen molar-refractivity contribution >= 4 is 27.8 Å². The molecule has 1 aliphatic heterocycles. The Labute approximate surface area is 254 Å². The zero-order chi connectivity index (χ0) is 31.0. The van der Waals surface area contributed by atoms with E-state index >= 15 is 0 Å². The van der Waals surface area contributed by atoms with E-state index in [9.17, 15) is 18.0 Å². The number of nitrogens with zero attached hydrogens (tertiary/aromatic N) is 3. The Bertz CT molecular complexity index is 1500. The van der Waals surface area contributed by atoms with E-state index in [1.165, 1.54) is 4.31 Å². The van der Waals surface area contributed by atoms with Gasteiger partial charge in [-0.25, -0.2) is 13.2 Å². The molecule has 1 amide bonds. The number of piperazine rings is 1. The standard InChI is InChI=1S/C33H41N3O6S/c1-33(2,3)42-32(39)35-22-20-34(21-23-35)30-15-8-7-13-28(30)25-36(19-18-26-10-5-4-6-11-26)43(40,41)29-14-9-12-27(24-29)16-17-31(37)38/h4-15,24H,16-23,25H2,1-3H3,(H,37,38). The normalized spacial score (nSPS) is 14.1. The second-order valence-electron chi connectivity index (χ2n) is 11.7.